The van der Waals surface area contributed by atoms with E-state index in [-0.39, 0.29) is 5.91 Å². The van der Waals surface area contributed by atoms with E-state index in [1.807, 2.05) is 11.1 Å². The Morgan fingerprint density at radius 3 is 2.58 bits per heavy atom. The van der Waals surface area contributed by atoms with Crippen LogP contribution in [0.15, 0.2) is 18.3 Å². The molecular weight excluding hydrogens is 238 g/mol. The lowest BCUT2D eigenvalue weighted by molar-refractivity contribution is 0.0738. The van der Waals surface area contributed by atoms with Crippen molar-refractivity contribution in [3.8, 4) is 0 Å². The molecule has 4 nitrogen and oxygen atoms in total. The molecule has 4 heteroatoms. The van der Waals surface area contributed by atoms with Crippen LogP contribution in [0.25, 0.3) is 10.9 Å². The maximum atomic E-state index is 12.6. The van der Waals surface area contributed by atoms with E-state index < -0.39 is 0 Å². The highest BCUT2D eigenvalue weighted by Gasteiger charge is 2.21. The Balaban J connectivity index is 2.05. The molecule has 0 atom stereocenters. The first-order valence-electron chi connectivity index (χ1n) is 6.76. The number of nitrogens with zero attached hydrogens (tertiary/aromatic N) is 1. The van der Waals surface area contributed by atoms with Crippen LogP contribution in [0.2, 0.25) is 0 Å². The van der Waals surface area contributed by atoms with Gasteiger partial charge in [0.2, 0.25) is 0 Å². The zero-order valence-corrected chi connectivity index (χ0v) is 11.4. The van der Waals surface area contributed by atoms with E-state index in [4.69, 9.17) is 0 Å². The van der Waals surface area contributed by atoms with Gasteiger partial charge >= 0.3 is 0 Å². The third kappa shape index (κ3) is 2.02. The first-order valence-corrected chi connectivity index (χ1v) is 6.76. The van der Waals surface area contributed by atoms with E-state index in [0.29, 0.717) is 0 Å². The van der Waals surface area contributed by atoms with Gasteiger partial charge in [-0.05, 0) is 25.0 Å². The zero-order chi connectivity index (χ0) is 13.4. The Kier molecular flexibility index (Phi) is 3.03. The molecule has 1 aromatic carbocycles. The normalized spacial score (nSPS) is 16.0. The quantitative estimate of drug-likeness (QED) is 0.819. The van der Waals surface area contributed by atoms with Crippen LogP contribution in [0, 0.1) is 13.8 Å². The van der Waals surface area contributed by atoms with Crippen molar-refractivity contribution in [3.63, 3.8) is 0 Å². The number of nitrogens with one attached hydrogen (secondary N) is 2. The number of aromatic amines is 1. The number of hydrogen-bond acceptors (Lipinski definition) is 2. The number of carbonyl (C=O) groups is 1. The van der Waals surface area contributed by atoms with Gasteiger partial charge in [-0.2, -0.15) is 0 Å². The van der Waals surface area contributed by atoms with Gasteiger partial charge in [0, 0.05) is 43.3 Å². The van der Waals surface area contributed by atoms with Gasteiger partial charge in [0.25, 0.3) is 5.91 Å². The predicted molar refractivity (Wildman–Crippen MR) is 76.5 cm³/mol. The Labute approximate surface area is 112 Å². The SMILES string of the molecule is Cc1ccc(C)c2c(C(=O)N3CCNCC3)c[nH]c12. The van der Waals surface area contributed by atoms with E-state index in [2.05, 4.69) is 36.3 Å². The predicted octanol–water partition coefficient (Wildman–Crippen LogP) is 1.83. The van der Waals surface area contributed by atoms with Crippen molar-refractivity contribution >= 4 is 16.8 Å². The summed E-state index contributed by atoms with van der Waals surface area (Å²) >= 11 is 0. The minimum absolute atomic E-state index is 0.140. The van der Waals surface area contributed by atoms with Crippen molar-refractivity contribution < 1.29 is 4.79 Å². The maximum Gasteiger partial charge on any atom is 0.256 e. The fraction of sp³-hybridized carbons (Fsp3) is 0.400. The number of aromatic nitrogens is 1. The van der Waals surface area contributed by atoms with Crippen molar-refractivity contribution in [1.82, 2.24) is 15.2 Å². The fourth-order valence-electron chi connectivity index (χ4n) is 2.77. The molecule has 0 radical (unpaired) electrons. The second-order valence-electron chi connectivity index (χ2n) is 5.19. The first-order chi connectivity index (χ1) is 9.18. The molecule has 0 spiro atoms. The van der Waals surface area contributed by atoms with Gasteiger partial charge in [-0.25, -0.2) is 0 Å². The van der Waals surface area contributed by atoms with Crippen LogP contribution in [0.1, 0.15) is 21.5 Å². The number of fused-ring (bicyclic) bond motifs is 1. The molecule has 0 unspecified atom stereocenters. The standard InChI is InChI=1S/C15H19N3O/c1-10-3-4-11(2)14-13(10)12(9-17-14)15(19)18-7-5-16-6-8-18/h3-4,9,16-17H,5-8H2,1-2H3. The highest BCUT2D eigenvalue weighted by molar-refractivity contribution is 6.08. The minimum Gasteiger partial charge on any atom is -0.360 e. The molecule has 2 N–H and O–H groups in total. The summed E-state index contributed by atoms with van der Waals surface area (Å²) in [5.74, 6) is 0.140. The Morgan fingerprint density at radius 1 is 1.16 bits per heavy atom. The molecule has 0 bridgehead atoms. The number of amides is 1. The molecule has 1 aromatic heterocycles. The zero-order valence-electron chi connectivity index (χ0n) is 11.4. The van der Waals surface area contributed by atoms with Crippen molar-refractivity contribution in [2.45, 2.75) is 13.8 Å². The summed E-state index contributed by atoms with van der Waals surface area (Å²) in [6, 6.07) is 4.17. The van der Waals surface area contributed by atoms with Crippen LogP contribution in [0.4, 0.5) is 0 Å². The van der Waals surface area contributed by atoms with Gasteiger partial charge in [0.05, 0.1) is 5.56 Å². The summed E-state index contributed by atoms with van der Waals surface area (Å²) in [7, 11) is 0. The Bertz CT molecular complexity index is 624. The lowest BCUT2D eigenvalue weighted by Crippen LogP contribution is -2.46. The van der Waals surface area contributed by atoms with Crippen LogP contribution in [-0.2, 0) is 0 Å². The second-order valence-corrected chi connectivity index (χ2v) is 5.19. The average molecular weight is 257 g/mol. The number of carbonyl (C=O) groups excluding carboxylic acids is 1. The van der Waals surface area contributed by atoms with Crippen LogP contribution < -0.4 is 5.32 Å². The van der Waals surface area contributed by atoms with Gasteiger partial charge in [-0.15, -0.1) is 0 Å². The lowest BCUT2D eigenvalue weighted by Gasteiger charge is -2.27. The number of piperazine rings is 1. The molecule has 0 aliphatic carbocycles. The molecule has 19 heavy (non-hydrogen) atoms. The number of hydrogen-bond donors (Lipinski definition) is 2. The Morgan fingerprint density at radius 2 is 1.84 bits per heavy atom. The van der Waals surface area contributed by atoms with E-state index in [1.165, 1.54) is 5.56 Å². The molecule has 1 saturated heterocycles. The van der Waals surface area contributed by atoms with Gasteiger partial charge in [-0.3, -0.25) is 4.79 Å². The number of H-pyrrole nitrogens is 1. The summed E-state index contributed by atoms with van der Waals surface area (Å²) in [5, 5.41) is 4.34. The molecule has 100 valence electrons. The molecule has 3 rings (SSSR count). The van der Waals surface area contributed by atoms with Gasteiger partial charge < -0.3 is 15.2 Å². The molecule has 1 amide bonds. The summed E-state index contributed by atoms with van der Waals surface area (Å²) < 4.78 is 0. The van der Waals surface area contributed by atoms with Gasteiger partial charge in [0.15, 0.2) is 0 Å². The molecular formula is C15H19N3O. The lowest BCUT2D eigenvalue weighted by atomic mass is 10.0. The van der Waals surface area contributed by atoms with Gasteiger partial charge in [-0.1, -0.05) is 12.1 Å². The molecule has 2 aromatic rings. The monoisotopic (exact) mass is 257 g/mol. The van der Waals surface area contributed by atoms with Crippen LogP contribution >= 0.6 is 0 Å². The third-order valence-corrected chi connectivity index (χ3v) is 3.89. The maximum absolute atomic E-state index is 12.6. The average Bonchev–Trinajstić information content (AvgIpc) is 2.89. The van der Waals surface area contributed by atoms with E-state index >= 15 is 0 Å². The summed E-state index contributed by atoms with van der Waals surface area (Å²) in [6.45, 7) is 7.46. The Hall–Kier alpha value is -1.81. The topological polar surface area (TPSA) is 48.1 Å². The van der Waals surface area contributed by atoms with Crippen LogP contribution in [-0.4, -0.2) is 42.0 Å². The van der Waals surface area contributed by atoms with Crippen LogP contribution in [0.5, 0.6) is 0 Å². The number of rotatable bonds is 1. The molecule has 1 aliphatic rings. The molecule has 2 heterocycles. The van der Waals surface area contributed by atoms with E-state index in [1.54, 1.807) is 0 Å². The van der Waals surface area contributed by atoms with Crippen molar-refractivity contribution in [2.75, 3.05) is 26.2 Å². The molecule has 0 saturated carbocycles. The van der Waals surface area contributed by atoms with Crippen LogP contribution in [0.3, 0.4) is 0 Å². The van der Waals surface area contributed by atoms with E-state index in [0.717, 1.165) is 48.2 Å². The first kappa shape index (κ1) is 12.2. The molecule has 1 fully saturated rings. The van der Waals surface area contributed by atoms with E-state index in [9.17, 15) is 4.79 Å². The third-order valence-electron chi connectivity index (χ3n) is 3.89. The highest BCUT2D eigenvalue weighted by atomic mass is 16.2. The second kappa shape index (κ2) is 4.70. The van der Waals surface area contributed by atoms with Crippen molar-refractivity contribution in [2.24, 2.45) is 0 Å². The fourth-order valence-corrected chi connectivity index (χ4v) is 2.77. The minimum atomic E-state index is 0.140. The highest BCUT2D eigenvalue weighted by Crippen LogP contribution is 2.26. The number of aryl methyl sites for hydroxylation is 2. The van der Waals surface area contributed by atoms with Crippen molar-refractivity contribution in [3.05, 3.63) is 35.0 Å². The largest absolute Gasteiger partial charge is 0.360 e. The smallest absolute Gasteiger partial charge is 0.256 e. The summed E-state index contributed by atoms with van der Waals surface area (Å²) in [6.07, 6.45) is 1.86. The van der Waals surface area contributed by atoms with Crippen molar-refractivity contribution in [1.29, 1.82) is 0 Å². The number of benzene rings is 1. The summed E-state index contributed by atoms with van der Waals surface area (Å²) in [4.78, 5) is 17.8. The van der Waals surface area contributed by atoms with Gasteiger partial charge in [0.1, 0.15) is 0 Å². The summed E-state index contributed by atoms with van der Waals surface area (Å²) in [5.41, 5.74) is 4.22. The molecule has 1 aliphatic heterocycles.